The van der Waals surface area contributed by atoms with E-state index in [1.807, 2.05) is 18.2 Å². The van der Waals surface area contributed by atoms with Crippen LogP contribution in [-0.4, -0.2) is 18.4 Å². The summed E-state index contributed by atoms with van der Waals surface area (Å²) in [5.41, 5.74) is 1.30. The first kappa shape index (κ1) is 8.45. The lowest BCUT2D eigenvalue weighted by Crippen LogP contribution is -2.23. The van der Waals surface area contributed by atoms with Crippen LogP contribution in [0.15, 0.2) is 30.3 Å². The Labute approximate surface area is 78.0 Å². The van der Waals surface area contributed by atoms with Crippen molar-refractivity contribution in [1.82, 2.24) is 5.32 Å². The molecule has 0 amide bonds. The predicted octanol–water partition coefficient (Wildman–Crippen LogP) is 1.16. The summed E-state index contributed by atoms with van der Waals surface area (Å²) in [6, 6.07) is 10.6. The van der Waals surface area contributed by atoms with E-state index in [9.17, 15) is 4.79 Å². The van der Waals surface area contributed by atoms with Crippen LogP contribution in [0.25, 0.3) is 0 Å². The van der Waals surface area contributed by atoms with Crippen molar-refractivity contribution in [1.29, 1.82) is 0 Å². The van der Waals surface area contributed by atoms with Gasteiger partial charge in [0.15, 0.2) is 0 Å². The first-order chi connectivity index (χ1) is 6.34. The first-order valence-electron chi connectivity index (χ1n) is 4.63. The van der Waals surface area contributed by atoms with Crippen molar-refractivity contribution in [3.05, 3.63) is 35.9 Å². The quantitative estimate of drug-likeness (QED) is 0.730. The van der Waals surface area contributed by atoms with Gasteiger partial charge >= 0.3 is 0 Å². The number of nitrogens with one attached hydrogen (secondary N) is 1. The van der Waals surface area contributed by atoms with Crippen molar-refractivity contribution in [3.63, 3.8) is 0 Å². The van der Waals surface area contributed by atoms with E-state index in [1.54, 1.807) is 0 Å². The largest absolute Gasteiger partial charge is 0.306 e. The van der Waals surface area contributed by atoms with E-state index in [4.69, 9.17) is 0 Å². The molecule has 13 heavy (non-hydrogen) atoms. The van der Waals surface area contributed by atoms with Crippen LogP contribution in [0, 0.1) is 0 Å². The van der Waals surface area contributed by atoms with Gasteiger partial charge in [-0.05, 0) is 12.0 Å². The lowest BCUT2D eigenvalue weighted by molar-refractivity contribution is -0.116. The first-order valence-corrected chi connectivity index (χ1v) is 4.63. The molecule has 2 rings (SSSR count). The fourth-order valence-corrected chi connectivity index (χ4v) is 1.72. The van der Waals surface area contributed by atoms with Gasteiger partial charge in [0.25, 0.3) is 0 Å². The van der Waals surface area contributed by atoms with Gasteiger partial charge in [-0.15, -0.1) is 0 Å². The third kappa shape index (κ3) is 2.16. The van der Waals surface area contributed by atoms with E-state index < -0.39 is 0 Å². The SMILES string of the molecule is O=C1CN[C@@H](Cc2ccccc2)C1. The molecular weight excluding hydrogens is 162 g/mol. The minimum atomic E-state index is 0.334. The molecule has 1 N–H and O–H groups in total. The smallest absolute Gasteiger partial charge is 0.148 e. The Kier molecular flexibility index (Phi) is 2.41. The number of benzene rings is 1. The van der Waals surface area contributed by atoms with Crippen LogP contribution in [0.4, 0.5) is 0 Å². The number of carbonyl (C=O) groups is 1. The summed E-state index contributed by atoms with van der Waals surface area (Å²) >= 11 is 0. The number of ketones is 1. The van der Waals surface area contributed by atoms with Crippen LogP contribution in [0.5, 0.6) is 0 Å². The Hall–Kier alpha value is -1.15. The molecule has 0 radical (unpaired) electrons. The standard InChI is InChI=1S/C11H13NO/c13-11-7-10(12-8-11)6-9-4-2-1-3-5-9/h1-5,10,12H,6-8H2/t10-/m0/s1. The van der Waals surface area contributed by atoms with Gasteiger partial charge in [-0.1, -0.05) is 30.3 Å². The molecule has 1 aromatic rings. The Balaban J connectivity index is 1.96. The summed E-state index contributed by atoms with van der Waals surface area (Å²) in [6.45, 7) is 0.553. The minimum Gasteiger partial charge on any atom is -0.306 e. The molecular formula is C11H13NO. The Morgan fingerprint density at radius 3 is 2.69 bits per heavy atom. The van der Waals surface area contributed by atoms with Crippen LogP contribution in [0.3, 0.4) is 0 Å². The van der Waals surface area contributed by atoms with Crippen LogP contribution in [-0.2, 0) is 11.2 Å². The van der Waals surface area contributed by atoms with Crippen molar-refractivity contribution in [2.75, 3.05) is 6.54 Å². The van der Waals surface area contributed by atoms with Gasteiger partial charge in [-0.2, -0.15) is 0 Å². The molecule has 0 aliphatic carbocycles. The van der Waals surface area contributed by atoms with E-state index >= 15 is 0 Å². The van der Waals surface area contributed by atoms with Crippen molar-refractivity contribution in [3.8, 4) is 0 Å². The van der Waals surface area contributed by atoms with Gasteiger partial charge in [0.05, 0.1) is 6.54 Å². The highest BCUT2D eigenvalue weighted by molar-refractivity contribution is 5.83. The summed E-state index contributed by atoms with van der Waals surface area (Å²) < 4.78 is 0. The second kappa shape index (κ2) is 3.71. The third-order valence-corrected chi connectivity index (χ3v) is 2.39. The number of rotatable bonds is 2. The average molecular weight is 175 g/mol. The monoisotopic (exact) mass is 175 g/mol. The second-order valence-electron chi connectivity index (χ2n) is 3.51. The molecule has 1 aromatic carbocycles. The van der Waals surface area contributed by atoms with Crippen molar-refractivity contribution in [2.24, 2.45) is 0 Å². The van der Waals surface area contributed by atoms with Crippen LogP contribution < -0.4 is 5.32 Å². The number of Topliss-reactive ketones (excluding diaryl/α,β-unsaturated/α-hetero) is 1. The Bertz CT molecular complexity index is 294. The summed E-state index contributed by atoms with van der Waals surface area (Å²) in [5.74, 6) is 0.334. The molecule has 1 fully saturated rings. The van der Waals surface area contributed by atoms with Gasteiger partial charge in [0.1, 0.15) is 5.78 Å². The second-order valence-corrected chi connectivity index (χ2v) is 3.51. The van der Waals surface area contributed by atoms with Gasteiger partial charge in [0, 0.05) is 12.5 Å². The maximum absolute atomic E-state index is 11.0. The number of hydrogen-bond donors (Lipinski definition) is 1. The molecule has 1 aliphatic heterocycles. The van der Waals surface area contributed by atoms with Gasteiger partial charge in [-0.3, -0.25) is 4.79 Å². The molecule has 0 bridgehead atoms. The molecule has 2 heteroatoms. The zero-order valence-electron chi connectivity index (χ0n) is 7.49. The van der Waals surface area contributed by atoms with Gasteiger partial charge < -0.3 is 5.32 Å². The lowest BCUT2D eigenvalue weighted by Gasteiger charge is -2.08. The molecule has 1 saturated heterocycles. The molecule has 0 aromatic heterocycles. The zero-order chi connectivity index (χ0) is 9.10. The highest BCUT2D eigenvalue weighted by atomic mass is 16.1. The topological polar surface area (TPSA) is 29.1 Å². The summed E-state index contributed by atoms with van der Waals surface area (Å²) in [5, 5.41) is 3.21. The normalized spacial score (nSPS) is 22.2. The summed E-state index contributed by atoms with van der Waals surface area (Å²) in [7, 11) is 0. The number of carbonyl (C=O) groups excluding carboxylic acids is 1. The molecule has 0 unspecified atom stereocenters. The minimum absolute atomic E-state index is 0.334. The molecule has 1 heterocycles. The Morgan fingerprint density at radius 2 is 2.08 bits per heavy atom. The molecule has 68 valence electrons. The van der Waals surface area contributed by atoms with Crippen LogP contribution >= 0.6 is 0 Å². The Morgan fingerprint density at radius 1 is 1.31 bits per heavy atom. The van der Waals surface area contributed by atoms with E-state index in [0.717, 1.165) is 6.42 Å². The van der Waals surface area contributed by atoms with Crippen LogP contribution in [0.2, 0.25) is 0 Å². The molecule has 0 spiro atoms. The van der Waals surface area contributed by atoms with Crippen molar-refractivity contribution in [2.45, 2.75) is 18.9 Å². The predicted molar refractivity (Wildman–Crippen MR) is 51.6 cm³/mol. The highest BCUT2D eigenvalue weighted by Gasteiger charge is 2.20. The van der Waals surface area contributed by atoms with Crippen molar-refractivity contribution < 1.29 is 4.79 Å². The fraction of sp³-hybridized carbons (Fsp3) is 0.364. The van der Waals surface area contributed by atoms with E-state index in [2.05, 4.69) is 17.4 Å². The third-order valence-electron chi connectivity index (χ3n) is 2.39. The molecule has 2 nitrogen and oxygen atoms in total. The van der Waals surface area contributed by atoms with Crippen LogP contribution in [0.1, 0.15) is 12.0 Å². The molecule has 1 atom stereocenters. The summed E-state index contributed by atoms with van der Waals surface area (Å²) in [6.07, 6.45) is 1.65. The lowest BCUT2D eigenvalue weighted by atomic mass is 10.0. The zero-order valence-corrected chi connectivity index (χ0v) is 7.49. The van der Waals surface area contributed by atoms with E-state index in [0.29, 0.717) is 24.8 Å². The maximum atomic E-state index is 11.0. The fourth-order valence-electron chi connectivity index (χ4n) is 1.72. The summed E-state index contributed by atoms with van der Waals surface area (Å²) in [4.78, 5) is 11.0. The number of hydrogen-bond acceptors (Lipinski definition) is 2. The highest BCUT2D eigenvalue weighted by Crippen LogP contribution is 2.09. The average Bonchev–Trinajstić information content (AvgIpc) is 2.53. The van der Waals surface area contributed by atoms with E-state index in [-0.39, 0.29) is 0 Å². The van der Waals surface area contributed by atoms with Gasteiger partial charge in [-0.25, -0.2) is 0 Å². The molecule has 0 saturated carbocycles. The van der Waals surface area contributed by atoms with Crippen molar-refractivity contribution >= 4 is 5.78 Å². The maximum Gasteiger partial charge on any atom is 0.148 e. The molecule has 1 aliphatic rings. The van der Waals surface area contributed by atoms with Gasteiger partial charge in [0.2, 0.25) is 0 Å². The van der Waals surface area contributed by atoms with E-state index in [1.165, 1.54) is 5.56 Å².